The molecule has 0 radical (unpaired) electrons. The van der Waals surface area contributed by atoms with Gasteiger partial charge in [-0.25, -0.2) is 0 Å². The molecule has 2 aromatic carbocycles. The number of rotatable bonds is 0. The standard InChI is InChI=1S/C17H10N/c1-4-12-6-8-16-14(10-12)15-11-13(5-2)7-9-17(15)18(16)3/h1,6-11H,3H3/q-1. The first-order valence-corrected chi connectivity index (χ1v) is 5.66. The summed E-state index contributed by atoms with van der Waals surface area (Å²) in [4.78, 5) is 0. The van der Waals surface area contributed by atoms with Crippen LogP contribution in [0.2, 0.25) is 0 Å². The Balaban J connectivity index is 2.54. The van der Waals surface area contributed by atoms with Gasteiger partial charge in [0.15, 0.2) is 0 Å². The quantitative estimate of drug-likeness (QED) is 0.411. The van der Waals surface area contributed by atoms with Crippen LogP contribution in [0.5, 0.6) is 0 Å². The predicted octanol–water partition coefficient (Wildman–Crippen LogP) is 3.25. The van der Waals surface area contributed by atoms with Gasteiger partial charge in [0.25, 0.3) is 0 Å². The summed E-state index contributed by atoms with van der Waals surface area (Å²) < 4.78 is 2.14. The van der Waals surface area contributed by atoms with Gasteiger partial charge in [-0.05, 0) is 23.6 Å². The zero-order valence-electron chi connectivity index (χ0n) is 9.99. The third-order valence-corrected chi connectivity index (χ3v) is 3.32. The van der Waals surface area contributed by atoms with Crippen molar-refractivity contribution in [1.29, 1.82) is 0 Å². The van der Waals surface area contributed by atoms with Crippen molar-refractivity contribution in [1.82, 2.24) is 4.57 Å². The molecule has 0 aliphatic carbocycles. The Morgan fingerprint density at radius 1 is 1.00 bits per heavy atom. The molecule has 0 saturated heterocycles. The van der Waals surface area contributed by atoms with Crippen molar-refractivity contribution in [3.63, 3.8) is 0 Å². The van der Waals surface area contributed by atoms with Gasteiger partial charge in [0.2, 0.25) is 0 Å². The van der Waals surface area contributed by atoms with E-state index in [2.05, 4.69) is 16.4 Å². The molecule has 1 nitrogen and oxygen atoms in total. The molecule has 1 heterocycles. The largest absolute Gasteiger partial charge is 0.366 e. The molecule has 0 bridgehead atoms. The minimum absolute atomic E-state index is 0.779. The van der Waals surface area contributed by atoms with Gasteiger partial charge in [-0.1, -0.05) is 12.0 Å². The van der Waals surface area contributed by atoms with Crippen LogP contribution >= 0.6 is 0 Å². The Bertz CT molecular complexity index is 780. The van der Waals surface area contributed by atoms with Crippen molar-refractivity contribution < 1.29 is 0 Å². The topological polar surface area (TPSA) is 4.93 Å². The summed E-state index contributed by atoms with van der Waals surface area (Å²) >= 11 is 0. The Hall–Kier alpha value is -2.64. The second kappa shape index (κ2) is 3.69. The normalized spacial score (nSPS) is 10.4. The smallest absolute Gasteiger partial charge is 0.0489 e. The van der Waals surface area contributed by atoms with E-state index in [1.165, 1.54) is 0 Å². The summed E-state index contributed by atoms with van der Waals surface area (Å²) in [6, 6.07) is 11.9. The first-order chi connectivity index (χ1) is 8.74. The zero-order chi connectivity index (χ0) is 12.7. The second-order valence-electron chi connectivity index (χ2n) is 4.29. The lowest BCUT2D eigenvalue weighted by molar-refractivity contribution is 1.01. The molecule has 3 rings (SSSR count). The average molecular weight is 228 g/mol. The molecular weight excluding hydrogens is 218 g/mol. The molecule has 0 N–H and O–H groups in total. The molecule has 0 aliphatic rings. The molecule has 0 amide bonds. The van der Waals surface area contributed by atoms with Gasteiger partial charge in [0.05, 0.1) is 0 Å². The predicted molar refractivity (Wildman–Crippen MR) is 74.6 cm³/mol. The van der Waals surface area contributed by atoms with Crippen LogP contribution in [0.25, 0.3) is 21.8 Å². The second-order valence-corrected chi connectivity index (χ2v) is 4.29. The lowest BCUT2D eigenvalue weighted by Crippen LogP contribution is -1.86. The first-order valence-electron chi connectivity index (χ1n) is 5.66. The van der Waals surface area contributed by atoms with Crippen molar-refractivity contribution in [3.05, 3.63) is 53.9 Å². The van der Waals surface area contributed by atoms with Gasteiger partial charge >= 0.3 is 0 Å². The van der Waals surface area contributed by atoms with E-state index in [0.717, 1.165) is 32.9 Å². The summed E-state index contributed by atoms with van der Waals surface area (Å²) in [5, 5.41) is 2.24. The van der Waals surface area contributed by atoms with E-state index in [4.69, 9.17) is 12.8 Å². The zero-order valence-corrected chi connectivity index (χ0v) is 9.99. The van der Waals surface area contributed by atoms with E-state index in [1.807, 2.05) is 43.4 Å². The molecular formula is C17H10N-. The van der Waals surface area contributed by atoms with Crippen molar-refractivity contribution in [2.45, 2.75) is 0 Å². The number of benzene rings is 2. The third-order valence-electron chi connectivity index (χ3n) is 3.32. The fourth-order valence-electron chi connectivity index (χ4n) is 2.39. The Morgan fingerprint density at radius 2 is 1.56 bits per heavy atom. The van der Waals surface area contributed by atoms with Crippen LogP contribution in [0.4, 0.5) is 0 Å². The van der Waals surface area contributed by atoms with Crippen molar-refractivity contribution in [2.75, 3.05) is 0 Å². The molecule has 0 atom stereocenters. The van der Waals surface area contributed by atoms with E-state index in [9.17, 15) is 0 Å². The Morgan fingerprint density at radius 3 is 2.11 bits per heavy atom. The number of hydrogen-bond donors (Lipinski definition) is 0. The molecule has 0 unspecified atom stereocenters. The molecule has 0 spiro atoms. The number of fused-ring (bicyclic) bond motifs is 3. The van der Waals surface area contributed by atoms with Crippen LogP contribution in [0, 0.1) is 24.7 Å². The van der Waals surface area contributed by atoms with Crippen LogP contribution in [0.15, 0.2) is 36.4 Å². The lowest BCUT2D eigenvalue weighted by atomic mass is 10.1. The van der Waals surface area contributed by atoms with Gasteiger partial charge in [-0.15, -0.1) is 24.1 Å². The number of nitrogens with zero attached hydrogens (tertiary/aromatic N) is 1. The van der Waals surface area contributed by atoms with E-state index in [-0.39, 0.29) is 0 Å². The molecule has 18 heavy (non-hydrogen) atoms. The third kappa shape index (κ3) is 1.32. The highest BCUT2D eigenvalue weighted by atomic mass is 14.9. The Kier molecular flexibility index (Phi) is 2.15. The summed E-state index contributed by atoms with van der Waals surface area (Å²) in [6.45, 7) is 0. The Labute approximate surface area is 106 Å². The van der Waals surface area contributed by atoms with Gasteiger partial charge < -0.3 is 11.0 Å². The summed E-state index contributed by atoms with van der Waals surface area (Å²) in [7, 11) is 2.04. The van der Waals surface area contributed by atoms with Gasteiger partial charge in [-0.3, -0.25) is 5.92 Å². The van der Waals surface area contributed by atoms with Crippen LogP contribution < -0.4 is 0 Å². The summed E-state index contributed by atoms with van der Waals surface area (Å²) in [5.41, 5.74) is 3.93. The number of aromatic nitrogens is 1. The molecule has 0 aliphatic heterocycles. The monoisotopic (exact) mass is 228 g/mol. The number of terminal acetylenes is 1. The molecule has 0 fully saturated rings. The van der Waals surface area contributed by atoms with Gasteiger partial charge in [0, 0.05) is 29.0 Å². The molecule has 84 valence electrons. The average Bonchev–Trinajstić information content (AvgIpc) is 2.71. The highest BCUT2D eigenvalue weighted by Crippen LogP contribution is 2.29. The van der Waals surface area contributed by atoms with E-state index >= 15 is 0 Å². The first kappa shape index (κ1) is 10.5. The molecule has 1 heteroatoms. The maximum absolute atomic E-state index is 7.22. The fourth-order valence-corrected chi connectivity index (χ4v) is 2.39. The molecule has 0 saturated carbocycles. The fraction of sp³-hybridized carbons (Fsp3) is 0.0588. The minimum Gasteiger partial charge on any atom is -0.366 e. The van der Waals surface area contributed by atoms with Crippen molar-refractivity contribution in [2.24, 2.45) is 7.05 Å². The van der Waals surface area contributed by atoms with Crippen LogP contribution in [0.3, 0.4) is 0 Å². The summed E-state index contributed by atoms with van der Waals surface area (Å²) in [5.74, 6) is 5.08. The molecule has 1 aromatic heterocycles. The highest BCUT2D eigenvalue weighted by molar-refractivity contribution is 6.08. The number of hydrogen-bond acceptors (Lipinski definition) is 0. The van der Waals surface area contributed by atoms with Crippen molar-refractivity contribution >= 4 is 21.8 Å². The van der Waals surface area contributed by atoms with Crippen LogP contribution in [-0.2, 0) is 7.05 Å². The maximum atomic E-state index is 7.22. The van der Waals surface area contributed by atoms with Gasteiger partial charge in [0.1, 0.15) is 0 Å². The van der Waals surface area contributed by atoms with Crippen LogP contribution in [-0.4, -0.2) is 4.57 Å². The van der Waals surface area contributed by atoms with Crippen LogP contribution in [0.1, 0.15) is 11.1 Å². The maximum Gasteiger partial charge on any atom is 0.0489 e. The summed E-state index contributed by atoms with van der Waals surface area (Å²) in [6.07, 6.45) is 12.7. The van der Waals surface area contributed by atoms with E-state index in [1.54, 1.807) is 0 Å². The minimum atomic E-state index is 0.779. The van der Waals surface area contributed by atoms with E-state index < -0.39 is 0 Å². The van der Waals surface area contributed by atoms with Crippen molar-refractivity contribution in [3.8, 4) is 18.3 Å². The molecule has 3 aromatic rings. The number of aryl methyl sites for hydroxylation is 1. The van der Waals surface area contributed by atoms with Gasteiger partial charge in [-0.2, -0.15) is 0 Å². The lowest BCUT2D eigenvalue weighted by Gasteiger charge is -2.01. The highest BCUT2D eigenvalue weighted by Gasteiger charge is 2.06. The van der Waals surface area contributed by atoms with E-state index in [0.29, 0.717) is 0 Å². The SMILES string of the molecule is [C-]#Cc1ccc2c(c1)c1cc(C#C)ccc1n2C.